The summed E-state index contributed by atoms with van der Waals surface area (Å²) < 4.78 is 5.20. The van der Waals surface area contributed by atoms with Crippen LogP contribution in [0.2, 0.25) is 5.02 Å². The van der Waals surface area contributed by atoms with Gasteiger partial charge in [-0.1, -0.05) is 17.7 Å². The molecule has 0 bridgehead atoms. The molecular weight excluding hydrogens is 465 g/mol. The fraction of sp³-hybridized carbons (Fsp3) is 0.348. The Bertz CT molecular complexity index is 1160. The molecule has 0 unspecified atom stereocenters. The van der Waals surface area contributed by atoms with E-state index in [1.165, 1.54) is 0 Å². The number of ether oxygens (including phenoxy) is 1. The molecular formula is C23H25Cl2N5O3. The summed E-state index contributed by atoms with van der Waals surface area (Å²) in [7, 11) is 1.57. The Labute approximate surface area is 203 Å². The van der Waals surface area contributed by atoms with Gasteiger partial charge in [0.1, 0.15) is 5.75 Å². The first-order chi connectivity index (χ1) is 15.6. The molecule has 1 aliphatic heterocycles. The third-order valence-corrected chi connectivity index (χ3v) is 6.21. The highest BCUT2D eigenvalue weighted by atomic mass is 35.5. The fourth-order valence-electron chi connectivity index (χ4n) is 4.10. The highest BCUT2D eigenvalue weighted by molar-refractivity contribution is 6.32. The molecule has 1 saturated heterocycles. The lowest BCUT2D eigenvalue weighted by atomic mass is 9.98. The summed E-state index contributed by atoms with van der Waals surface area (Å²) in [6.07, 6.45) is 0. The van der Waals surface area contributed by atoms with Crippen molar-refractivity contribution in [3.8, 4) is 11.8 Å². The number of nitrogens with zero attached hydrogens (tertiary/aromatic N) is 4. The largest absolute Gasteiger partial charge is 0.495 e. The second-order valence-corrected chi connectivity index (χ2v) is 8.26. The van der Waals surface area contributed by atoms with Gasteiger partial charge in [0.05, 0.1) is 23.8 Å². The van der Waals surface area contributed by atoms with Crippen molar-refractivity contribution < 1.29 is 14.9 Å². The first kappa shape index (κ1) is 24.8. The van der Waals surface area contributed by atoms with Crippen LogP contribution in [0, 0.1) is 23.2 Å². The van der Waals surface area contributed by atoms with Gasteiger partial charge in [-0.05, 0) is 35.9 Å². The predicted octanol–water partition coefficient (Wildman–Crippen LogP) is 3.23. The van der Waals surface area contributed by atoms with Crippen LogP contribution >= 0.6 is 24.0 Å². The lowest BCUT2D eigenvalue weighted by Crippen LogP contribution is -2.23. The first-order valence-corrected chi connectivity index (χ1v) is 10.7. The van der Waals surface area contributed by atoms with Crippen molar-refractivity contribution in [2.75, 3.05) is 43.6 Å². The molecule has 1 aromatic heterocycles. The molecule has 0 spiro atoms. The van der Waals surface area contributed by atoms with Crippen molar-refractivity contribution in [1.29, 1.82) is 5.26 Å². The van der Waals surface area contributed by atoms with Crippen LogP contribution in [-0.2, 0) is 6.54 Å². The highest BCUT2D eigenvalue weighted by Crippen LogP contribution is 2.34. The van der Waals surface area contributed by atoms with E-state index in [-0.39, 0.29) is 37.5 Å². The molecule has 0 aliphatic carbocycles. The maximum Gasteiger partial charge on any atom is 0.159 e. The first-order valence-electron chi connectivity index (χ1n) is 10.3. The van der Waals surface area contributed by atoms with Gasteiger partial charge in [0.2, 0.25) is 0 Å². The van der Waals surface area contributed by atoms with Crippen LogP contribution < -0.4 is 15.0 Å². The third kappa shape index (κ3) is 5.07. The second-order valence-electron chi connectivity index (χ2n) is 7.86. The summed E-state index contributed by atoms with van der Waals surface area (Å²) in [6, 6.07) is 13.1. The quantitative estimate of drug-likeness (QED) is 0.463. The summed E-state index contributed by atoms with van der Waals surface area (Å²) in [4.78, 5) is 2.04. The molecule has 1 fully saturated rings. The zero-order valence-corrected chi connectivity index (χ0v) is 19.6. The van der Waals surface area contributed by atoms with Gasteiger partial charge < -0.3 is 25.2 Å². The summed E-state index contributed by atoms with van der Waals surface area (Å²) in [5.41, 5.74) is 1.47. The van der Waals surface area contributed by atoms with Crippen LogP contribution in [0.3, 0.4) is 0 Å². The van der Waals surface area contributed by atoms with Crippen molar-refractivity contribution >= 4 is 46.4 Å². The van der Waals surface area contributed by atoms with Crippen LogP contribution in [-0.4, -0.2) is 53.8 Å². The number of nitriles is 1. The Morgan fingerprint density at radius 2 is 1.85 bits per heavy atom. The van der Waals surface area contributed by atoms with Crippen molar-refractivity contribution in [3.63, 3.8) is 0 Å². The molecule has 3 aromatic rings. The van der Waals surface area contributed by atoms with Crippen molar-refractivity contribution in [3.05, 3.63) is 52.5 Å². The molecule has 174 valence electrons. The van der Waals surface area contributed by atoms with E-state index in [9.17, 15) is 15.5 Å². The molecule has 1 aliphatic rings. The van der Waals surface area contributed by atoms with Gasteiger partial charge >= 0.3 is 0 Å². The smallest absolute Gasteiger partial charge is 0.159 e. The zero-order valence-electron chi connectivity index (χ0n) is 18.0. The van der Waals surface area contributed by atoms with E-state index in [4.69, 9.17) is 16.3 Å². The maximum atomic E-state index is 9.65. The Kier molecular flexibility index (Phi) is 8.16. The number of nitrogens with one attached hydrogen (secondary N) is 1. The summed E-state index contributed by atoms with van der Waals surface area (Å²) in [5.74, 6) is 1.80. The minimum Gasteiger partial charge on any atom is -0.495 e. The van der Waals surface area contributed by atoms with E-state index >= 15 is 0 Å². The monoisotopic (exact) mass is 489 g/mol. The van der Waals surface area contributed by atoms with E-state index in [1.54, 1.807) is 19.2 Å². The van der Waals surface area contributed by atoms with E-state index < -0.39 is 0 Å². The molecule has 8 nitrogen and oxygen atoms in total. The van der Waals surface area contributed by atoms with E-state index in [1.807, 2.05) is 29.2 Å². The fourth-order valence-corrected chi connectivity index (χ4v) is 4.39. The lowest BCUT2D eigenvalue weighted by molar-refractivity contribution is 0.152. The molecule has 33 heavy (non-hydrogen) atoms. The van der Waals surface area contributed by atoms with E-state index in [0.717, 1.165) is 16.3 Å². The van der Waals surface area contributed by atoms with Gasteiger partial charge in [0, 0.05) is 55.5 Å². The topological polar surface area (TPSA) is 115 Å². The molecule has 10 heteroatoms. The van der Waals surface area contributed by atoms with Crippen LogP contribution in [0.1, 0.15) is 11.1 Å². The summed E-state index contributed by atoms with van der Waals surface area (Å²) in [6.45, 7) is 1.66. The predicted molar refractivity (Wildman–Crippen MR) is 130 cm³/mol. The molecule has 2 aromatic carbocycles. The molecule has 0 amide bonds. The molecule has 3 N–H and O–H groups in total. The Hall–Kier alpha value is -2.83. The van der Waals surface area contributed by atoms with Gasteiger partial charge in [0.25, 0.3) is 0 Å². The van der Waals surface area contributed by atoms with E-state index in [0.29, 0.717) is 47.6 Å². The minimum absolute atomic E-state index is 0. The third-order valence-electron chi connectivity index (χ3n) is 5.91. The SMILES string of the molecule is COc1ccc(CNc2nnc(N3C[C@@H](CO)[C@@H](CO)C3)c3ccc(C#N)cc23)cc1Cl.Cl. The number of anilines is 2. The number of benzene rings is 2. The number of fused-ring (bicyclic) bond motifs is 1. The number of rotatable bonds is 7. The summed E-state index contributed by atoms with van der Waals surface area (Å²) >= 11 is 6.23. The molecule has 2 heterocycles. The van der Waals surface area contributed by atoms with Gasteiger partial charge in [-0.15, -0.1) is 22.6 Å². The van der Waals surface area contributed by atoms with Crippen LogP contribution in [0.5, 0.6) is 5.75 Å². The number of aliphatic hydroxyl groups is 2. The zero-order chi connectivity index (χ0) is 22.7. The maximum absolute atomic E-state index is 9.65. The number of methoxy groups -OCH3 is 1. The van der Waals surface area contributed by atoms with Crippen LogP contribution in [0.25, 0.3) is 10.8 Å². The number of hydrogen-bond donors (Lipinski definition) is 3. The molecule has 2 atom stereocenters. The van der Waals surface area contributed by atoms with Gasteiger partial charge in [0.15, 0.2) is 11.6 Å². The Morgan fingerprint density at radius 3 is 2.45 bits per heavy atom. The summed E-state index contributed by atoms with van der Waals surface area (Å²) in [5, 5.41) is 43.0. The lowest BCUT2D eigenvalue weighted by Gasteiger charge is -2.20. The number of aromatic nitrogens is 2. The van der Waals surface area contributed by atoms with E-state index in [2.05, 4.69) is 21.6 Å². The van der Waals surface area contributed by atoms with Crippen LogP contribution in [0.15, 0.2) is 36.4 Å². The second kappa shape index (κ2) is 10.9. The average molecular weight is 490 g/mol. The van der Waals surface area contributed by atoms with Crippen LogP contribution in [0.4, 0.5) is 11.6 Å². The van der Waals surface area contributed by atoms with Crippen molar-refractivity contribution in [1.82, 2.24) is 10.2 Å². The molecule has 0 radical (unpaired) electrons. The minimum atomic E-state index is -0.0205. The van der Waals surface area contributed by atoms with Crippen molar-refractivity contribution in [2.24, 2.45) is 11.8 Å². The number of halogens is 2. The Morgan fingerprint density at radius 1 is 1.12 bits per heavy atom. The number of aliphatic hydroxyl groups excluding tert-OH is 2. The molecule has 0 saturated carbocycles. The van der Waals surface area contributed by atoms with Crippen molar-refractivity contribution in [2.45, 2.75) is 6.54 Å². The van der Waals surface area contributed by atoms with Gasteiger partial charge in [-0.3, -0.25) is 0 Å². The standard InChI is InChI=1S/C23H24ClN5O3.ClH/c1-32-21-5-3-15(7-20(21)24)9-26-22-19-6-14(8-25)2-4-18(19)23(28-27-22)29-10-16(12-30)17(11-29)13-31;/h2-7,16-17,30-31H,9-13H2,1H3,(H,26,27);1H/t16-,17+;. The normalized spacial score (nSPS) is 17.5. The average Bonchev–Trinajstić information content (AvgIpc) is 3.25. The highest BCUT2D eigenvalue weighted by Gasteiger charge is 2.33. The molecule has 4 rings (SSSR count). The van der Waals surface area contributed by atoms with Gasteiger partial charge in [-0.25, -0.2) is 0 Å². The Balaban J connectivity index is 0.00000306. The van der Waals surface area contributed by atoms with Gasteiger partial charge in [-0.2, -0.15) is 5.26 Å². The number of hydrogen-bond acceptors (Lipinski definition) is 8.